The highest BCUT2D eigenvalue weighted by Crippen LogP contribution is 2.13. The van der Waals surface area contributed by atoms with Crippen LogP contribution in [0.5, 0.6) is 0 Å². The van der Waals surface area contributed by atoms with E-state index in [4.69, 9.17) is 5.84 Å². The van der Waals surface area contributed by atoms with E-state index in [0.29, 0.717) is 5.70 Å². The molecule has 0 amide bonds. The lowest BCUT2D eigenvalue weighted by molar-refractivity contribution is 0.302. The summed E-state index contributed by atoms with van der Waals surface area (Å²) in [4.78, 5) is 10.1. The molecule has 0 atom stereocenters. The normalized spacial score (nSPS) is 19.7. The maximum Gasteiger partial charge on any atom is 0.147 e. The van der Waals surface area contributed by atoms with Crippen LogP contribution in [0.15, 0.2) is 5.70 Å². The summed E-state index contributed by atoms with van der Waals surface area (Å²) in [6.45, 7) is 0.796. The standard InChI is InChI=1S/C6H10N2O/c7-8-4-2-1-3-6(8)5-9/h1-4,7H2. The number of allylic oxidation sites excluding steroid dienone is 1. The van der Waals surface area contributed by atoms with E-state index in [2.05, 4.69) is 0 Å². The molecule has 0 aromatic carbocycles. The Morgan fingerprint density at radius 2 is 2.33 bits per heavy atom. The molecule has 3 heteroatoms. The highest BCUT2D eigenvalue weighted by Gasteiger charge is 2.10. The third-order valence-electron chi connectivity index (χ3n) is 1.53. The van der Waals surface area contributed by atoms with Crippen molar-refractivity contribution in [1.82, 2.24) is 5.01 Å². The van der Waals surface area contributed by atoms with E-state index < -0.39 is 0 Å². The lowest BCUT2D eigenvalue weighted by Crippen LogP contribution is -2.34. The zero-order valence-corrected chi connectivity index (χ0v) is 5.26. The van der Waals surface area contributed by atoms with Crippen LogP contribution in [0.2, 0.25) is 0 Å². The molecule has 1 saturated heterocycles. The Morgan fingerprint density at radius 3 is 2.78 bits per heavy atom. The molecule has 0 saturated carbocycles. The van der Waals surface area contributed by atoms with Gasteiger partial charge in [-0.15, -0.1) is 0 Å². The Hall–Kier alpha value is -0.790. The molecule has 1 aliphatic heterocycles. The quantitative estimate of drug-likeness (QED) is 0.369. The third-order valence-corrected chi connectivity index (χ3v) is 1.53. The Labute approximate surface area is 54.1 Å². The topological polar surface area (TPSA) is 46.3 Å². The first-order chi connectivity index (χ1) is 4.34. The van der Waals surface area contributed by atoms with Crippen LogP contribution in [-0.4, -0.2) is 17.5 Å². The van der Waals surface area contributed by atoms with Crippen molar-refractivity contribution in [2.75, 3.05) is 6.54 Å². The molecule has 1 fully saturated rings. The summed E-state index contributed by atoms with van der Waals surface area (Å²) in [6.07, 6.45) is 2.94. The van der Waals surface area contributed by atoms with Crippen LogP contribution in [0, 0.1) is 0 Å². The first kappa shape index (κ1) is 6.33. The molecule has 1 rings (SSSR count). The maximum absolute atomic E-state index is 10.1. The molecule has 3 nitrogen and oxygen atoms in total. The second kappa shape index (κ2) is 2.67. The number of nitrogens with two attached hydrogens (primary N) is 1. The number of hydrogen-bond donors (Lipinski definition) is 1. The molecule has 0 radical (unpaired) electrons. The van der Waals surface area contributed by atoms with Crippen LogP contribution in [0.3, 0.4) is 0 Å². The SMILES string of the molecule is NN1CCCCC1=C=O. The van der Waals surface area contributed by atoms with Crippen molar-refractivity contribution in [2.45, 2.75) is 19.3 Å². The number of carbonyl (C=O) groups excluding carboxylic acids is 1. The first-order valence-corrected chi connectivity index (χ1v) is 3.11. The van der Waals surface area contributed by atoms with Gasteiger partial charge in [0.1, 0.15) is 11.6 Å². The second-order valence-electron chi connectivity index (χ2n) is 2.20. The summed E-state index contributed by atoms with van der Waals surface area (Å²) in [6, 6.07) is 0. The van der Waals surface area contributed by atoms with Crippen molar-refractivity contribution in [3.8, 4) is 0 Å². The minimum absolute atomic E-state index is 0.612. The van der Waals surface area contributed by atoms with Gasteiger partial charge in [-0.1, -0.05) is 0 Å². The molecule has 0 aromatic rings. The molecule has 0 unspecified atom stereocenters. The minimum Gasteiger partial charge on any atom is -0.305 e. The summed E-state index contributed by atoms with van der Waals surface area (Å²) in [5.74, 6) is 7.24. The number of piperidine rings is 1. The molecule has 1 heterocycles. The molecular weight excluding hydrogens is 116 g/mol. The van der Waals surface area contributed by atoms with Gasteiger partial charge in [0, 0.05) is 6.54 Å². The molecule has 50 valence electrons. The number of rotatable bonds is 0. The number of hydrogen-bond acceptors (Lipinski definition) is 3. The lowest BCUT2D eigenvalue weighted by atomic mass is 10.1. The van der Waals surface area contributed by atoms with Crippen LogP contribution in [0.4, 0.5) is 0 Å². The fourth-order valence-corrected chi connectivity index (χ4v) is 0.963. The van der Waals surface area contributed by atoms with Crippen LogP contribution in [0.1, 0.15) is 19.3 Å². The van der Waals surface area contributed by atoms with Crippen molar-refractivity contribution >= 4 is 5.94 Å². The highest BCUT2D eigenvalue weighted by molar-refractivity contribution is 5.51. The van der Waals surface area contributed by atoms with Gasteiger partial charge in [-0.2, -0.15) is 0 Å². The molecule has 0 spiro atoms. The van der Waals surface area contributed by atoms with Crippen molar-refractivity contribution in [3.05, 3.63) is 5.70 Å². The van der Waals surface area contributed by atoms with Crippen molar-refractivity contribution in [1.29, 1.82) is 0 Å². The van der Waals surface area contributed by atoms with Crippen LogP contribution >= 0.6 is 0 Å². The van der Waals surface area contributed by atoms with E-state index in [0.717, 1.165) is 25.8 Å². The minimum atomic E-state index is 0.612. The van der Waals surface area contributed by atoms with Gasteiger partial charge in [-0.3, -0.25) is 0 Å². The van der Waals surface area contributed by atoms with Gasteiger partial charge in [0.2, 0.25) is 0 Å². The Bertz CT molecular complexity index is 149. The van der Waals surface area contributed by atoms with E-state index in [9.17, 15) is 4.79 Å². The molecule has 0 aromatic heterocycles. The Morgan fingerprint density at radius 1 is 1.56 bits per heavy atom. The summed E-state index contributed by atoms with van der Waals surface area (Å²) in [5.41, 5.74) is 0.612. The number of hydrazine groups is 1. The lowest BCUT2D eigenvalue weighted by Gasteiger charge is -2.23. The van der Waals surface area contributed by atoms with Crippen LogP contribution < -0.4 is 5.84 Å². The fourth-order valence-electron chi connectivity index (χ4n) is 0.963. The average Bonchev–Trinajstić information content (AvgIpc) is 1.89. The van der Waals surface area contributed by atoms with E-state index >= 15 is 0 Å². The average molecular weight is 126 g/mol. The van der Waals surface area contributed by atoms with E-state index in [-0.39, 0.29) is 0 Å². The number of nitrogens with zero attached hydrogens (tertiary/aromatic N) is 1. The van der Waals surface area contributed by atoms with Gasteiger partial charge in [0.25, 0.3) is 0 Å². The first-order valence-electron chi connectivity index (χ1n) is 3.11. The van der Waals surface area contributed by atoms with Gasteiger partial charge in [-0.25, -0.2) is 10.6 Å². The summed E-state index contributed by atoms with van der Waals surface area (Å²) in [7, 11) is 0. The zero-order chi connectivity index (χ0) is 6.69. The van der Waals surface area contributed by atoms with Gasteiger partial charge >= 0.3 is 0 Å². The molecular formula is C6H10N2O. The predicted octanol–water partition coefficient (Wildman–Crippen LogP) is 0.0615. The van der Waals surface area contributed by atoms with Crippen molar-refractivity contribution in [2.24, 2.45) is 5.84 Å². The fraction of sp³-hybridized carbons (Fsp3) is 0.667. The van der Waals surface area contributed by atoms with Crippen molar-refractivity contribution < 1.29 is 4.79 Å². The van der Waals surface area contributed by atoms with Crippen LogP contribution in [0.25, 0.3) is 0 Å². The second-order valence-corrected chi connectivity index (χ2v) is 2.20. The third kappa shape index (κ3) is 1.31. The van der Waals surface area contributed by atoms with Crippen molar-refractivity contribution in [3.63, 3.8) is 0 Å². The molecule has 1 aliphatic rings. The summed E-state index contributed by atoms with van der Waals surface area (Å²) < 4.78 is 0. The van der Waals surface area contributed by atoms with Gasteiger partial charge < -0.3 is 5.01 Å². The monoisotopic (exact) mass is 126 g/mol. The summed E-state index contributed by atoms with van der Waals surface area (Å²) >= 11 is 0. The van der Waals surface area contributed by atoms with E-state index in [1.165, 1.54) is 5.01 Å². The Balaban J connectivity index is 2.59. The summed E-state index contributed by atoms with van der Waals surface area (Å²) in [5, 5.41) is 1.48. The zero-order valence-electron chi connectivity index (χ0n) is 5.26. The molecule has 2 N–H and O–H groups in total. The van der Waals surface area contributed by atoms with Crippen LogP contribution in [-0.2, 0) is 4.79 Å². The van der Waals surface area contributed by atoms with E-state index in [1.807, 2.05) is 5.94 Å². The van der Waals surface area contributed by atoms with Gasteiger partial charge in [-0.05, 0) is 19.3 Å². The maximum atomic E-state index is 10.1. The van der Waals surface area contributed by atoms with Gasteiger partial charge in [0.05, 0.1) is 0 Å². The molecule has 0 aliphatic carbocycles. The highest BCUT2D eigenvalue weighted by atomic mass is 16.1. The Kier molecular flexibility index (Phi) is 1.88. The molecule has 9 heavy (non-hydrogen) atoms. The van der Waals surface area contributed by atoms with E-state index in [1.54, 1.807) is 0 Å². The largest absolute Gasteiger partial charge is 0.305 e. The molecule has 0 bridgehead atoms. The predicted molar refractivity (Wildman–Crippen MR) is 34.0 cm³/mol. The smallest absolute Gasteiger partial charge is 0.147 e. The van der Waals surface area contributed by atoms with Gasteiger partial charge in [0.15, 0.2) is 0 Å².